The van der Waals surface area contributed by atoms with Gasteiger partial charge in [0.05, 0.1) is 19.4 Å². The Morgan fingerprint density at radius 2 is 1.67 bits per heavy atom. The maximum atomic E-state index is 5.42. The van der Waals surface area contributed by atoms with Crippen LogP contribution in [-0.2, 0) is 11.3 Å². The van der Waals surface area contributed by atoms with Gasteiger partial charge in [0.1, 0.15) is 11.6 Å². The second-order valence-electron chi connectivity index (χ2n) is 5.91. The van der Waals surface area contributed by atoms with E-state index in [9.17, 15) is 0 Å². The van der Waals surface area contributed by atoms with Gasteiger partial charge in [0.2, 0.25) is 5.95 Å². The van der Waals surface area contributed by atoms with Crippen LogP contribution >= 0.6 is 0 Å². The summed E-state index contributed by atoms with van der Waals surface area (Å²) in [5.74, 6) is 2.16. The van der Waals surface area contributed by atoms with Gasteiger partial charge < -0.3 is 20.1 Å². The zero-order chi connectivity index (χ0) is 18.9. The third kappa shape index (κ3) is 5.18. The van der Waals surface area contributed by atoms with E-state index in [1.54, 1.807) is 14.2 Å². The van der Waals surface area contributed by atoms with Crippen LogP contribution in [0, 0.1) is 0 Å². The highest BCUT2D eigenvalue weighted by molar-refractivity contribution is 5.64. The van der Waals surface area contributed by atoms with E-state index in [1.165, 1.54) is 0 Å². The molecule has 1 heterocycles. The van der Waals surface area contributed by atoms with Crippen LogP contribution in [0.4, 0.5) is 11.8 Å². The number of hydrogen-bond donors (Lipinski definition) is 2. The SMILES string of the molecule is COCCNc1nc(NCc2ccccc2OC)cc(-c2ccccc2)n1. The van der Waals surface area contributed by atoms with Crippen molar-refractivity contribution < 1.29 is 9.47 Å². The summed E-state index contributed by atoms with van der Waals surface area (Å²) in [6, 6.07) is 19.9. The summed E-state index contributed by atoms with van der Waals surface area (Å²) in [5.41, 5.74) is 2.96. The molecule has 0 saturated carbocycles. The largest absolute Gasteiger partial charge is 0.496 e. The fraction of sp³-hybridized carbons (Fsp3) is 0.238. The predicted molar refractivity (Wildman–Crippen MR) is 108 cm³/mol. The molecule has 3 rings (SSSR count). The van der Waals surface area contributed by atoms with Crippen LogP contribution in [0.1, 0.15) is 5.56 Å². The first-order chi connectivity index (χ1) is 13.3. The lowest BCUT2D eigenvalue weighted by Gasteiger charge is -2.13. The number of para-hydroxylation sites is 1. The smallest absolute Gasteiger partial charge is 0.225 e. The van der Waals surface area contributed by atoms with Crippen LogP contribution in [0.25, 0.3) is 11.3 Å². The molecule has 3 aromatic rings. The molecule has 27 heavy (non-hydrogen) atoms. The Morgan fingerprint density at radius 1 is 0.889 bits per heavy atom. The molecule has 0 spiro atoms. The van der Waals surface area contributed by atoms with Crippen LogP contribution in [0.3, 0.4) is 0 Å². The minimum absolute atomic E-state index is 0.566. The molecule has 0 aliphatic rings. The topological polar surface area (TPSA) is 68.3 Å². The third-order valence-corrected chi connectivity index (χ3v) is 4.04. The second kappa shape index (κ2) is 9.54. The predicted octanol–water partition coefficient (Wildman–Crippen LogP) is 3.82. The van der Waals surface area contributed by atoms with E-state index in [1.807, 2.05) is 60.7 Å². The fourth-order valence-electron chi connectivity index (χ4n) is 2.67. The van der Waals surface area contributed by atoms with E-state index in [2.05, 4.69) is 20.6 Å². The van der Waals surface area contributed by atoms with Crippen LogP contribution in [0.2, 0.25) is 0 Å². The van der Waals surface area contributed by atoms with Crippen molar-refractivity contribution in [2.75, 3.05) is 38.0 Å². The number of hydrogen-bond acceptors (Lipinski definition) is 6. The van der Waals surface area contributed by atoms with Crippen LogP contribution in [-0.4, -0.2) is 37.3 Å². The molecule has 0 bridgehead atoms. The molecule has 140 valence electrons. The summed E-state index contributed by atoms with van der Waals surface area (Å²) in [6.45, 7) is 1.83. The highest BCUT2D eigenvalue weighted by Crippen LogP contribution is 2.23. The van der Waals surface area contributed by atoms with Gasteiger partial charge in [0.25, 0.3) is 0 Å². The first-order valence-corrected chi connectivity index (χ1v) is 8.83. The minimum atomic E-state index is 0.566. The van der Waals surface area contributed by atoms with Crippen molar-refractivity contribution in [1.29, 1.82) is 0 Å². The molecule has 6 nitrogen and oxygen atoms in total. The lowest BCUT2D eigenvalue weighted by molar-refractivity contribution is 0.210. The number of aromatic nitrogens is 2. The van der Waals surface area contributed by atoms with Crippen molar-refractivity contribution in [3.63, 3.8) is 0 Å². The molecule has 0 radical (unpaired) electrons. The molecule has 0 aliphatic heterocycles. The molecule has 6 heteroatoms. The monoisotopic (exact) mass is 364 g/mol. The molecule has 0 unspecified atom stereocenters. The van der Waals surface area contributed by atoms with E-state index in [4.69, 9.17) is 9.47 Å². The Morgan fingerprint density at radius 3 is 2.44 bits per heavy atom. The van der Waals surface area contributed by atoms with Crippen molar-refractivity contribution in [2.45, 2.75) is 6.54 Å². The summed E-state index contributed by atoms with van der Waals surface area (Å²) >= 11 is 0. The summed E-state index contributed by atoms with van der Waals surface area (Å²) < 4.78 is 10.5. The summed E-state index contributed by atoms with van der Waals surface area (Å²) in [4.78, 5) is 9.19. The highest BCUT2D eigenvalue weighted by atomic mass is 16.5. The average molecular weight is 364 g/mol. The van der Waals surface area contributed by atoms with Crippen LogP contribution in [0.5, 0.6) is 5.75 Å². The zero-order valence-electron chi connectivity index (χ0n) is 15.6. The van der Waals surface area contributed by atoms with Gasteiger partial charge in [0, 0.05) is 37.4 Å². The highest BCUT2D eigenvalue weighted by Gasteiger charge is 2.08. The molecular formula is C21H24N4O2. The number of nitrogens with one attached hydrogen (secondary N) is 2. The number of anilines is 2. The first-order valence-electron chi connectivity index (χ1n) is 8.83. The lowest BCUT2D eigenvalue weighted by atomic mass is 10.1. The van der Waals surface area contributed by atoms with Gasteiger partial charge in [-0.15, -0.1) is 0 Å². The standard InChI is InChI=1S/C21H24N4O2/c1-26-13-12-22-21-24-18(16-8-4-3-5-9-16)14-20(25-21)23-15-17-10-6-7-11-19(17)27-2/h3-11,14H,12-13,15H2,1-2H3,(H2,22,23,24,25). The molecule has 0 aliphatic carbocycles. The first kappa shape index (κ1) is 18.7. The normalized spacial score (nSPS) is 10.4. The van der Waals surface area contributed by atoms with Gasteiger partial charge in [-0.05, 0) is 6.07 Å². The van der Waals surface area contributed by atoms with E-state index >= 15 is 0 Å². The Balaban J connectivity index is 1.83. The molecule has 1 aromatic heterocycles. The maximum Gasteiger partial charge on any atom is 0.225 e. The minimum Gasteiger partial charge on any atom is -0.496 e. The van der Waals surface area contributed by atoms with Crippen molar-refractivity contribution in [3.05, 3.63) is 66.2 Å². The quantitative estimate of drug-likeness (QED) is 0.563. The number of rotatable bonds is 9. The molecule has 0 saturated heterocycles. The molecule has 0 fully saturated rings. The third-order valence-electron chi connectivity index (χ3n) is 4.04. The lowest BCUT2D eigenvalue weighted by Crippen LogP contribution is -2.12. The number of methoxy groups -OCH3 is 2. The van der Waals surface area contributed by atoms with Crippen molar-refractivity contribution in [2.24, 2.45) is 0 Å². The summed E-state index contributed by atoms with van der Waals surface area (Å²) in [7, 11) is 3.35. The van der Waals surface area contributed by atoms with Crippen molar-refractivity contribution in [3.8, 4) is 17.0 Å². The summed E-state index contributed by atoms with van der Waals surface area (Å²) in [5, 5.41) is 6.58. The summed E-state index contributed by atoms with van der Waals surface area (Å²) in [6.07, 6.45) is 0. The molecular weight excluding hydrogens is 340 g/mol. The van der Waals surface area contributed by atoms with Gasteiger partial charge >= 0.3 is 0 Å². The zero-order valence-corrected chi connectivity index (χ0v) is 15.6. The van der Waals surface area contributed by atoms with Gasteiger partial charge in [-0.3, -0.25) is 0 Å². The average Bonchev–Trinajstić information content (AvgIpc) is 2.73. The van der Waals surface area contributed by atoms with Gasteiger partial charge in [-0.1, -0.05) is 48.5 Å². The Labute approximate surface area is 159 Å². The molecule has 2 aromatic carbocycles. The number of ether oxygens (including phenoxy) is 2. The molecule has 0 atom stereocenters. The number of nitrogens with zero attached hydrogens (tertiary/aromatic N) is 2. The van der Waals surface area contributed by atoms with E-state index < -0.39 is 0 Å². The Kier molecular flexibility index (Phi) is 6.60. The Hall–Kier alpha value is -3.12. The van der Waals surface area contributed by atoms with Gasteiger partial charge in [-0.2, -0.15) is 4.98 Å². The maximum absolute atomic E-state index is 5.42. The second-order valence-corrected chi connectivity index (χ2v) is 5.91. The Bertz CT molecular complexity index is 856. The van der Waals surface area contributed by atoms with E-state index in [0.29, 0.717) is 25.6 Å². The van der Waals surface area contributed by atoms with Gasteiger partial charge in [-0.25, -0.2) is 4.98 Å². The number of benzene rings is 2. The van der Waals surface area contributed by atoms with Crippen LogP contribution < -0.4 is 15.4 Å². The molecule has 0 amide bonds. The fourth-order valence-corrected chi connectivity index (χ4v) is 2.67. The van der Waals surface area contributed by atoms with Gasteiger partial charge in [0.15, 0.2) is 0 Å². The van der Waals surface area contributed by atoms with E-state index in [0.717, 1.165) is 28.4 Å². The van der Waals surface area contributed by atoms with Crippen molar-refractivity contribution in [1.82, 2.24) is 9.97 Å². The van der Waals surface area contributed by atoms with E-state index in [-0.39, 0.29) is 0 Å². The van der Waals surface area contributed by atoms with Crippen molar-refractivity contribution >= 4 is 11.8 Å². The van der Waals surface area contributed by atoms with Crippen LogP contribution in [0.15, 0.2) is 60.7 Å². The molecule has 2 N–H and O–H groups in total.